The molecular formula is C13H8N2O3. The largest absolute Gasteiger partial charge is 0.478 e. The van der Waals surface area contributed by atoms with Crippen LogP contribution in [0.2, 0.25) is 0 Å². The Hall–Kier alpha value is -2.87. The number of carboxylic acids is 1. The Balaban J connectivity index is 2.24. The van der Waals surface area contributed by atoms with E-state index in [4.69, 9.17) is 15.1 Å². The van der Waals surface area contributed by atoms with Crippen LogP contribution in [0.3, 0.4) is 0 Å². The molecule has 18 heavy (non-hydrogen) atoms. The van der Waals surface area contributed by atoms with E-state index in [-0.39, 0.29) is 11.3 Å². The van der Waals surface area contributed by atoms with E-state index in [0.717, 1.165) is 0 Å². The highest BCUT2D eigenvalue weighted by molar-refractivity contribution is 5.87. The van der Waals surface area contributed by atoms with Crippen molar-refractivity contribution in [2.45, 2.75) is 0 Å². The molecule has 0 spiro atoms. The first kappa shape index (κ1) is 11.6. The lowest BCUT2D eigenvalue weighted by Gasteiger charge is -2.06. The van der Waals surface area contributed by atoms with Crippen LogP contribution >= 0.6 is 0 Å². The van der Waals surface area contributed by atoms with E-state index in [1.807, 2.05) is 6.07 Å². The molecule has 0 aliphatic carbocycles. The molecule has 0 fully saturated rings. The first-order valence-corrected chi connectivity index (χ1v) is 5.07. The van der Waals surface area contributed by atoms with E-state index in [0.29, 0.717) is 11.5 Å². The fourth-order valence-electron chi connectivity index (χ4n) is 1.35. The van der Waals surface area contributed by atoms with Crippen LogP contribution in [0.1, 0.15) is 16.1 Å². The van der Waals surface area contributed by atoms with E-state index < -0.39 is 5.97 Å². The summed E-state index contributed by atoms with van der Waals surface area (Å²) in [6.45, 7) is 0. The van der Waals surface area contributed by atoms with Crippen LogP contribution in [0.15, 0.2) is 42.6 Å². The van der Waals surface area contributed by atoms with Crippen molar-refractivity contribution in [3.8, 4) is 17.6 Å². The van der Waals surface area contributed by atoms with Crippen molar-refractivity contribution in [2.24, 2.45) is 0 Å². The quantitative estimate of drug-likeness (QED) is 0.890. The summed E-state index contributed by atoms with van der Waals surface area (Å²) in [5.74, 6) is -0.215. The van der Waals surface area contributed by atoms with Crippen molar-refractivity contribution in [3.63, 3.8) is 0 Å². The molecule has 0 bridgehead atoms. The van der Waals surface area contributed by atoms with Crippen molar-refractivity contribution >= 4 is 5.97 Å². The van der Waals surface area contributed by atoms with Gasteiger partial charge in [0.25, 0.3) is 0 Å². The second-order valence-corrected chi connectivity index (χ2v) is 3.39. The number of carbonyl (C=O) groups is 1. The minimum atomic E-state index is -0.999. The number of pyridine rings is 1. The second-order valence-electron chi connectivity index (χ2n) is 3.39. The summed E-state index contributed by atoms with van der Waals surface area (Å²) in [6, 6.07) is 11.1. The zero-order valence-electron chi connectivity index (χ0n) is 9.20. The number of carboxylic acid groups (broad SMARTS) is 1. The lowest BCUT2D eigenvalue weighted by molar-refractivity contribution is 0.0697. The van der Waals surface area contributed by atoms with Crippen molar-refractivity contribution < 1.29 is 14.6 Å². The number of rotatable bonds is 3. The topological polar surface area (TPSA) is 83.2 Å². The fraction of sp³-hybridized carbons (Fsp3) is 0. The Bertz CT molecular complexity index is 615. The highest BCUT2D eigenvalue weighted by Crippen LogP contribution is 2.23. The van der Waals surface area contributed by atoms with Gasteiger partial charge in [-0.15, -0.1) is 0 Å². The summed E-state index contributed by atoms with van der Waals surface area (Å²) in [7, 11) is 0. The Kier molecular flexibility index (Phi) is 3.21. The van der Waals surface area contributed by atoms with Crippen molar-refractivity contribution in [3.05, 3.63) is 53.9 Å². The van der Waals surface area contributed by atoms with Gasteiger partial charge in [0.2, 0.25) is 0 Å². The minimum absolute atomic E-state index is 0.175. The molecule has 0 saturated heterocycles. The number of hydrogen-bond acceptors (Lipinski definition) is 4. The lowest BCUT2D eigenvalue weighted by atomic mass is 10.2. The summed E-state index contributed by atoms with van der Waals surface area (Å²) in [5.41, 5.74) is 0.355. The van der Waals surface area contributed by atoms with E-state index in [1.54, 1.807) is 12.1 Å². The van der Waals surface area contributed by atoms with Crippen LogP contribution in [0.25, 0.3) is 0 Å². The third kappa shape index (κ3) is 2.44. The maximum absolute atomic E-state index is 10.7. The smallest absolute Gasteiger partial charge is 0.335 e. The van der Waals surface area contributed by atoms with Crippen LogP contribution < -0.4 is 4.74 Å². The highest BCUT2D eigenvalue weighted by Gasteiger charge is 2.06. The van der Waals surface area contributed by atoms with E-state index in [1.165, 1.54) is 30.5 Å². The van der Waals surface area contributed by atoms with Crippen molar-refractivity contribution in [1.82, 2.24) is 4.98 Å². The van der Waals surface area contributed by atoms with E-state index in [2.05, 4.69) is 4.98 Å². The van der Waals surface area contributed by atoms with E-state index >= 15 is 0 Å². The Morgan fingerprint density at radius 3 is 2.61 bits per heavy atom. The molecule has 2 rings (SSSR count). The Labute approximate surface area is 103 Å². The highest BCUT2D eigenvalue weighted by atomic mass is 16.5. The van der Waals surface area contributed by atoms with Gasteiger partial charge in [0.05, 0.1) is 5.56 Å². The predicted molar refractivity (Wildman–Crippen MR) is 62.4 cm³/mol. The zero-order chi connectivity index (χ0) is 13.0. The molecule has 5 heteroatoms. The maximum Gasteiger partial charge on any atom is 0.335 e. The molecule has 2 aromatic rings. The standard InChI is InChI=1S/C13H8N2O3/c14-8-11-12(2-1-7-15-11)18-10-5-3-9(4-6-10)13(16)17/h1-7H,(H,16,17). The number of nitriles is 1. The zero-order valence-corrected chi connectivity index (χ0v) is 9.20. The fourth-order valence-corrected chi connectivity index (χ4v) is 1.35. The molecule has 0 saturated carbocycles. The summed E-state index contributed by atoms with van der Waals surface area (Å²) < 4.78 is 5.46. The van der Waals surface area contributed by atoms with Gasteiger partial charge < -0.3 is 9.84 Å². The molecule has 0 radical (unpaired) electrons. The minimum Gasteiger partial charge on any atom is -0.478 e. The summed E-state index contributed by atoms with van der Waals surface area (Å²) in [4.78, 5) is 14.5. The van der Waals surface area contributed by atoms with Gasteiger partial charge in [0.15, 0.2) is 11.4 Å². The number of nitrogens with zero attached hydrogens (tertiary/aromatic N) is 2. The summed E-state index contributed by atoms with van der Waals surface area (Å²) in [5, 5.41) is 17.6. The molecule has 0 aliphatic heterocycles. The molecule has 0 unspecified atom stereocenters. The average molecular weight is 240 g/mol. The lowest BCUT2D eigenvalue weighted by Crippen LogP contribution is -1.96. The molecule has 1 aromatic heterocycles. The molecule has 0 atom stereocenters. The van der Waals surface area contributed by atoms with Gasteiger partial charge in [0, 0.05) is 6.20 Å². The first-order chi connectivity index (χ1) is 8.70. The van der Waals surface area contributed by atoms with Gasteiger partial charge >= 0.3 is 5.97 Å². The normalized spacial score (nSPS) is 9.50. The molecule has 5 nitrogen and oxygen atoms in total. The van der Waals surface area contributed by atoms with Gasteiger partial charge in [-0.2, -0.15) is 5.26 Å². The number of benzene rings is 1. The molecule has 1 heterocycles. The SMILES string of the molecule is N#Cc1ncccc1Oc1ccc(C(=O)O)cc1. The molecule has 1 aromatic carbocycles. The molecule has 88 valence electrons. The molecular weight excluding hydrogens is 232 g/mol. The number of ether oxygens (including phenoxy) is 1. The van der Waals surface area contributed by atoms with Crippen LogP contribution in [-0.4, -0.2) is 16.1 Å². The molecule has 1 N–H and O–H groups in total. The van der Waals surface area contributed by atoms with Crippen LogP contribution in [-0.2, 0) is 0 Å². The average Bonchev–Trinajstić information content (AvgIpc) is 2.40. The van der Waals surface area contributed by atoms with Crippen LogP contribution in [0, 0.1) is 11.3 Å². The van der Waals surface area contributed by atoms with E-state index in [9.17, 15) is 4.79 Å². The first-order valence-electron chi connectivity index (χ1n) is 5.07. The summed E-state index contributed by atoms with van der Waals surface area (Å²) in [6.07, 6.45) is 1.50. The maximum atomic E-state index is 10.7. The monoisotopic (exact) mass is 240 g/mol. The van der Waals surface area contributed by atoms with Gasteiger partial charge in [0.1, 0.15) is 11.8 Å². The van der Waals surface area contributed by atoms with Crippen LogP contribution in [0.5, 0.6) is 11.5 Å². The Morgan fingerprint density at radius 2 is 2.00 bits per heavy atom. The van der Waals surface area contributed by atoms with Gasteiger partial charge in [-0.3, -0.25) is 0 Å². The van der Waals surface area contributed by atoms with Crippen molar-refractivity contribution in [2.75, 3.05) is 0 Å². The van der Waals surface area contributed by atoms with Gasteiger partial charge in [-0.05, 0) is 36.4 Å². The Morgan fingerprint density at radius 1 is 1.28 bits per heavy atom. The van der Waals surface area contributed by atoms with Crippen LogP contribution in [0.4, 0.5) is 0 Å². The second kappa shape index (κ2) is 4.97. The van der Waals surface area contributed by atoms with Gasteiger partial charge in [-0.25, -0.2) is 9.78 Å². The van der Waals surface area contributed by atoms with Crippen molar-refractivity contribution in [1.29, 1.82) is 5.26 Å². The molecule has 0 amide bonds. The number of aromatic carboxylic acids is 1. The third-order valence-corrected chi connectivity index (χ3v) is 2.21. The summed E-state index contributed by atoms with van der Waals surface area (Å²) >= 11 is 0. The molecule has 0 aliphatic rings. The number of aromatic nitrogens is 1. The third-order valence-electron chi connectivity index (χ3n) is 2.21. The van der Waals surface area contributed by atoms with Gasteiger partial charge in [-0.1, -0.05) is 0 Å². The predicted octanol–water partition coefficient (Wildman–Crippen LogP) is 2.44. The number of hydrogen-bond donors (Lipinski definition) is 1.